The Balaban J connectivity index is 1.20. The largest absolute Gasteiger partial charge is 0.338 e. The summed E-state index contributed by atoms with van der Waals surface area (Å²) in [6.07, 6.45) is 5.38. The number of anilines is 1. The summed E-state index contributed by atoms with van der Waals surface area (Å²) in [4.78, 5) is 40.8. The first-order valence-corrected chi connectivity index (χ1v) is 13.2. The molecule has 7 nitrogen and oxygen atoms in total. The summed E-state index contributed by atoms with van der Waals surface area (Å²) in [5.41, 5.74) is 4.34. The number of carbonyl (C=O) groups excluding carboxylic acids is 2. The lowest BCUT2D eigenvalue weighted by Gasteiger charge is -2.42. The van der Waals surface area contributed by atoms with Gasteiger partial charge in [0.2, 0.25) is 5.91 Å². The van der Waals surface area contributed by atoms with Crippen LogP contribution in [-0.2, 0) is 4.79 Å². The summed E-state index contributed by atoms with van der Waals surface area (Å²) >= 11 is 6.79. The zero-order valence-corrected chi connectivity index (χ0v) is 21.2. The van der Waals surface area contributed by atoms with E-state index >= 15 is 0 Å². The first-order chi connectivity index (χ1) is 18.6. The molecule has 1 aliphatic carbocycles. The van der Waals surface area contributed by atoms with Crippen LogP contribution in [0.25, 0.3) is 33.2 Å². The zero-order chi connectivity index (χ0) is 25.8. The van der Waals surface area contributed by atoms with Crippen LogP contribution in [0, 0.1) is 5.92 Å². The fraction of sp³-hybridized carbons (Fsp3) is 0.200. The van der Waals surface area contributed by atoms with Crippen molar-refractivity contribution in [1.82, 2.24) is 20.3 Å². The second kappa shape index (κ2) is 8.96. The van der Waals surface area contributed by atoms with Crippen molar-refractivity contribution in [1.29, 1.82) is 0 Å². The topological polar surface area (TPSA) is 91.0 Å². The third-order valence-electron chi connectivity index (χ3n) is 7.89. The van der Waals surface area contributed by atoms with E-state index in [4.69, 9.17) is 16.6 Å². The predicted molar refractivity (Wildman–Crippen MR) is 148 cm³/mol. The van der Waals surface area contributed by atoms with Crippen LogP contribution < -0.4 is 10.2 Å². The fourth-order valence-corrected chi connectivity index (χ4v) is 6.45. The first kappa shape index (κ1) is 22.9. The van der Waals surface area contributed by atoms with Crippen LogP contribution >= 0.6 is 11.6 Å². The Bertz CT molecular complexity index is 1690. The molecule has 38 heavy (non-hydrogen) atoms. The lowest BCUT2D eigenvalue weighted by Crippen LogP contribution is -2.61. The Morgan fingerprint density at radius 2 is 1.76 bits per heavy atom. The van der Waals surface area contributed by atoms with E-state index in [2.05, 4.69) is 15.3 Å². The minimum Gasteiger partial charge on any atom is -0.338 e. The molecule has 5 aromatic rings. The van der Waals surface area contributed by atoms with Gasteiger partial charge in [0.25, 0.3) is 0 Å². The number of amides is 3. The van der Waals surface area contributed by atoms with Crippen molar-refractivity contribution in [2.45, 2.75) is 31.2 Å². The number of urea groups is 1. The number of fused-ring (bicyclic) bond motifs is 3. The molecule has 1 aliphatic heterocycles. The molecule has 0 radical (unpaired) electrons. The van der Waals surface area contributed by atoms with Gasteiger partial charge < -0.3 is 10.3 Å². The van der Waals surface area contributed by atoms with Gasteiger partial charge >= 0.3 is 6.03 Å². The number of nitrogens with zero attached hydrogens (tertiary/aromatic N) is 3. The van der Waals surface area contributed by atoms with Gasteiger partial charge in [-0.3, -0.25) is 9.78 Å². The number of imidazole rings is 1. The number of pyridine rings is 1. The van der Waals surface area contributed by atoms with Crippen molar-refractivity contribution in [2.75, 3.05) is 4.90 Å². The van der Waals surface area contributed by atoms with Gasteiger partial charge in [0.1, 0.15) is 5.82 Å². The molecule has 3 heterocycles. The number of halogens is 1. The Morgan fingerprint density at radius 1 is 0.921 bits per heavy atom. The number of hydrogen-bond donors (Lipinski definition) is 2. The minimum atomic E-state index is -0.410. The molecule has 2 aromatic heterocycles. The van der Waals surface area contributed by atoms with E-state index < -0.39 is 6.03 Å². The molecule has 3 atom stereocenters. The van der Waals surface area contributed by atoms with Gasteiger partial charge in [-0.25, -0.2) is 14.7 Å². The Kier molecular flexibility index (Phi) is 5.40. The molecule has 1 saturated carbocycles. The highest BCUT2D eigenvalue weighted by Gasteiger charge is 2.46. The van der Waals surface area contributed by atoms with Gasteiger partial charge in [-0.2, -0.15) is 0 Å². The molecular formula is C30H24ClN5O2. The summed E-state index contributed by atoms with van der Waals surface area (Å²) < 4.78 is 0. The highest BCUT2D eigenvalue weighted by molar-refractivity contribution is 6.31. The van der Waals surface area contributed by atoms with Crippen LogP contribution in [-0.4, -0.2) is 32.9 Å². The molecule has 2 N–H and O–H groups in total. The third-order valence-corrected chi connectivity index (χ3v) is 8.22. The second-order valence-electron chi connectivity index (χ2n) is 10.0. The molecule has 3 amide bonds. The fourth-order valence-electron chi connectivity index (χ4n) is 6.12. The zero-order valence-electron chi connectivity index (χ0n) is 20.4. The van der Waals surface area contributed by atoms with Crippen LogP contribution in [0.5, 0.6) is 0 Å². The molecule has 0 spiro atoms. The van der Waals surface area contributed by atoms with E-state index in [1.54, 1.807) is 12.4 Å². The monoisotopic (exact) mass is 521 g/mol. The normalized spacial score (nSPS) is 21.5. The summed E-state index contributed by atoms with van der Waals surface area (Å²) in [5, 5.41) is 5.51. The quantitative estimate of drug-likeness (QED) is 0.286. The molecule has 0 bridgehead atoms. The van der Waals surface area contributed by atoms with Gasteiger partial charge in [-0.05, 0) is 48.9 Å². The van der Waals surface area contributed by atoms with Crippen LogP contribution in [0.2, 0.25) is 5.02 Å². The van der Waals surface area contributed by atoms with Crippen LogP contribution in [0.1, 0.15) is 30.7 Å². The Labute approximate surface area is 223 Å². The molecule has 188 valence electrons. The van der Waals surface area contributed by atoms with Gasteiger partial charge in [0.15, 0.2) is 0 Å². The number of benzene rings is 3. The van der Waals surface area contributed by atoms with E-state index in [1.165, 1.54) is 4.90 Å². The summed E-state index contributed by atoms with van der Waals surface area (Å²) in [6.45, 7) is 0. The number of imide groups is 1. The Morgan fingerprint density at radius 3 is 2.66 bits per heavy atom. The van der Waals surface area contributed by atoms with E-state index in [9.17, 15) is 9.59 Å². The van der Waals surface area contributed by atoms with Crippen LogP contribution in [0.4, 0.5) is 10.5 Å². The van der Waals surface area contributed by atoms with E-state index in [1.807, 2.05) is 66.7 Å². The van der Waals surface area contributed by atoms with Crippen LogP contribution in [0.3, 0.4) is 0 Å². The molecule has 3 unspecified atom stereocenters. The molecule has 7 rings (SSSR count). The van der Waals surface area contributed by atoms with Crippen molar-refractivity contribution >= 4 is 51.0 Å². The van der Waals surface area contributed by atoms with Gasteiger partial charge in [-0.1, -0.05) is 60.1 Å². The summed E-state index contributed by atoms with van der Waals surface area (Å²) in [5.74, 6) is 0.364. The molecule has 2 aliphatic rings. The summed E-state index contributed by atoms with van der Waals surface area (Å²) in [7, 11) is 0. The van der Waals surface area contributed by atoms with Crippen molar-refractivity contribution in [3.05, 3.63) is 89.7 Å². The van der Waals surface area contributed by atoms with Crippen molar-refractivity contribution in [3.63, 3.8) is 0 Å². The van der Waals surface area contributed by atoms with Crippen molar-refractivity contribution in [3.8, 4) is 11.4 Å². The average Bonchev–Trinajstić information content (AvgIpc) is 3.37. The summed E-state index contributed by atoms with van der Waals surface area (Å²) in [6, 6.07) is 20.8. The van der Waals surface area contributed by atoms with Crippen molar-refractivity contribution in [2.24, 2.45) is 5.92 Å². The van der Waals surface area contributed by atoms with Crippen molar-refractivity contribution < 1.29 is 9.59 Å². The Hall–Kier alpha value is -4.23. The number of para-hydroxylation sites is 2. The maximum Gasteiger partial charge on any atom is 0.329 e. The molecule has 1 saturated heterocycles. The SMILES string of the molecule is O=C1NC2CC(c3c(Cl)cccc3-c3nc4ccccc4[nH]3)CCC2C(=O)N1c1cncc2ccccc12. The maximum atomic E-state index is 13.7. The van der Waals surface area contributed by atoms with E-state index in [-0.39, 0.29) is 23.8 Å². The van der Waals surface area contributed by atoms with E-state index in [0.29, 0.717) is 23.6 Å². The molecular weight excluding hydrogens is 498 g/mol. The first-order valence-electron chi connectivity index (χ1n) is 12.8. The maximum absolute atomic E-state index is 13.7. The standard InChI is InChI=1S/C30H24ClN5O2/c31-22-9-5-8-21(28-33-23-10-3-4-11-24(23)34-28)27(22)17-12-13-20-25(14-17)35-30(38)36(29(20)37)26-16-32-15-18-6-1-2-7-19(18)26/h1-11,15-17,20,25H,12-14H2,(H,33,34)(H,35,38). The molecule has 2 fully saturated rings. The number of carbonyl (C=O) groups is 2. The third kappa shape index (κ3) is 3.65. The highest BCUT2D eigenvalue weighted by atomic mass is 35.5. The van der Waals surface area contributed by atoms with Gasteiger partial charge in [-0.15, -0.1) is 0 Å². The number of aromatic amines is 1. The number of hydrogen-bond acceptors (Lipinski definition) is 4. The lowest BCUT2D eigenvalue weighted by atomic mass is 9.73. The molecule has 8 heteroatoms. The number of H-pyrrole nitrogens is 1. The highest BCUT2D eigenvalue weighted by Crippen LogP contribution is 2.45. The second-order valence-corrected chi connectivity index (χ2v) is 10.4. The van der Waals surface area contributed by atoms with Crippen LogP contribution in [0.15, 0.2) is 79.1 Å². The predicted octanol–water partition coefficient (Wildman–Crippen LogP) is 6.44. The minimum absolute atomic E-state index is 0.0760. The number of nitrogens with one attached hydrogen (secondary N) is 2. The van der Waals surface area contributed by atoms with Gasteiger partial charge in [0, 0.05) is 33.6 Å². The lowest BCUT2D eigenvalue weighted by molar-refractivity contribution is -0.124. The van der Waals surface area contributed by atoms with E-state index in [0.717, 1.165) is 45.2 Å². The number of rotatable bonds is 3. The smallest absolute Gasteiger partial charge is 0.329 e. The molecule has 3 aromatic carbocycles. The number of aromatic nitrogens is 3. The average molecular weight is 522 g/mol. The van der Waals surface area contributed by atoms with Gasteiger partial charge in [0.05, 0.1) is 28.8 Å².